The fourth-order valence-electron chi connectivity index (χ4n) is 1.63. The van der Waals surface area contributed by atoms with Gasteiger partial charge in [-0.3, -0.25) is 0 Å². The van der Waals surface area contributed by atoms with Gasteiger partial charge in [0, 0.05) is 22.7 Å². The summed E-state index contributed by atoms with van der Waals surface area (Å²) >= 11 is 22.3. The van der Waals surface area contributed by atoms with Crippen LogP contribution in [0.2, 0.25) is 10.0 Å². The van der Waals surface area contributed by atoms with Crippen molar-refractivity contribution in [2.75, 3.05) is 0 Å². The largest absolute Gasteiger partial charge is 0.449 e. The predicted molar refractivity (Wildman–Crippen MR) is 86.2 cm³/mol. The second-order valence-corrected chi connectivity index (χ2v) is 6.99. The van der Waals surface area contributed by atoms with Crippen LogP contribution in [0, 0.1) is 0 Å². The standard InChI is InChI=1S/C12H3Br3Cl2O2/c13-4-1-7-8(2-5(4)16)19-12-9(18-7)3-6(17)10(14)11(12)15/h1-3H. The zero-order valence-corrected chi connectivity index (χ0v) is 15.2. The van der Waals surface area contributed by atoms with Crippen LogP contribution in [0.15, 0.2) is 31.6 Å². The van der Waals surface area contributed by atoms with Crippen molar-refractivity contribution >= 4 is 71.0 Å². The van der Waals surface area contributed by atoms with Gasteiger partial charge in [-0.25, -0.2) is 0 Å². The molecule has 0 spiro atoms. The van der Waals surface area contributed by atoms with Crippen LogP contribution in [0.4, 0.5) is 0 Å². The molecule has 98 valence electrons. The van der Waals surface area contributed by atoms with Gasteiger partial charge in [0.05, 0.1) is 19.0 Å². The van der Waals surface area contributed by atoms with Crippen LogP contribution in [-0.4, -0.2) is 0 Å². The van der Waals surface area contributed by atoms with E-state index in [2.05, 4.69) is 47.8 Å². The topological polar surface area (TPSA) is 18.5 Å². The van der Waals surface area contributed by atoms with Gasteiger partial charge in [-0.05, 0) is 47.8 Å². The van der Waals surface area contributed by atoms with Gasteiger partial charge in [-0.15, -0.1) is 0 Å². The number of hydrogen-bond acceptors (Lipinski definition) is 2. The third-order valence-electron chi connectivity index (χ3n) is 2.50. The van der Waals surface area contributed by atoms with Gasteiger partial charge in [0.1, 0.15) is 0 Å². The van der Waals surface area contributed by atoms with Crippen molar-refractivity contribution in [1.29, 1.82) is 0 Å². The Morgan fingerprint density at radius 3 is 2.11 bits per heavy atom. The number of fused-ring (bicyclic) bond motifs is 2. The highest BCUT2D eigenvalue weighted by Crippen LogP contribution is 2.53. The van der Waals surface area contributed by atoms with E-state index < -0.39 is 0 Å². The summed E-state index contributed by atoms with van der Waals surface area (Å²) in [6, 6.07) is 5.14. The molecule has 1 aliphatic rings. The first-order valence-corrected chi connectivity index (χ1v) is 8.13. The maximum absolute atomic E-state index is 6.09. The van der Waals surface area contributed by atoms with Crippen molar-refractivity contribution in [3.8, 4) is 23.0 Å². The smallest absolute Gasteiger partial charge is 0.185 e. The number of ether oxygens (including phenoxy) is 2. The Morgan fingerprint density at radius 1 is 0.737 bits per heavy atom. The molecule has 7 heteroatoms. The fraction of sp³-hybridized carbons (Fsp3) is 0. The van der Waals surface area contributed by atoms with Gasteiger partial charge in [-0.1, -0.05) is 23.2 Å². The minimum Gasteiger partial charge on any atom is -0.449 e. The average Bonchev–Trinajstić information content (AvgIpc) is 2.37. The lowest BCUT2D eigenvalue weighted by atomic mass is 10.2. The van der Waals surface area contributed by atoms with E-state index in [-0.39, 0.29) is 0 Å². The monoisotopic (exact) mass is 486 g/mol. The maximum Gasteiger partial charge on any atom is 0.185 e. The third-order valence-corrected chi connectivity index (χ3v) is 6.34. The third kappa shape index (κ3) is 2.40. The summed E-state index contributed by atoms with van der Waals surface area (Å²) in [5.74, 6) is 2.23. The number of rotatable bonds is 0. The molecule has 0 N–H and O–H groups in total. The average molecular weight is 490 g/mol. The van der Waals surface area contributed by atoms with Crippen molar-refractivity contribution in [3.05, 3.63) is 41.7 Å². The molecule has 1 heterocycles. The van der Waals surface area contributed by atoms with Crippen molar-refractivity contribution < 1.29 is 9.47 Å². The summed E-state index contributed by atoms with van der Waals surface area (Å²) in [7, 11) is 0. The van der Waals surface area contributed by atoms with E-state index in [4.69, 9.17) is 32.7 Å². The van der Waals surface area contributed by atoms with E-state index in [0.29, 0.717) is 42.0 Å². The highest BCUT2D eigenvalue weighted by molar-refractivity contribution is 9.13. The normalized spacial score (nSPS) is 12.3. The summed E-state index contributed by atoms with van der Waals surface area (Å²) in [5.41, 5.74) is 0. The molecule has 0 unspecified atom stereocenters. The maximum atomic E-state index is 6.09. The first-order chi connectivity index (χ1) is 8.97. The van der Waals surface area contributed by atoms with Crippen LogP contribution >= 0.6 is 71.0 Å². The van der Waals surface area contributed by atoms with Crippen LogP contribution < -0.4 is 9.47 Å². The molecule has 0 atom stereocenters. The number of halogens is 5. The first-order valence-electron chi connectivity index (χ1n) is 4.99. The van der Waals surface area contributed by atoms with Gasteiger partial charge in [0.15, 0.2) is 23.0 Å². The van der Waals surface area contributed by atoms with E-state index >= 15 is 0 Å². The highest BCUT2D eigenvalue weighted by Gasteiger charge is 2.25. The first kappa shape index (κ1) is 14.0. The minimum absolute atomic E-state index is 0.533. The molecule has 2 aromatic rings. The Balaban J connectivity index is 2.17. The highest BCUT2D eigenvalue weighted by atomic mass is 79.9. The Labute approximate surface area is 144 Å². The zero-order valence-electron chi connectivity index (χ0n) is 8.94. The Hall–Kier alpha value is 0.0600. The van der Waals surface area contributed by atoms with Gasteiger partial charge in [0.25, 0.3) is 0 Å². The molecule has 0 amide bonds. The fourth-order valence-corrected chi connectivity index (χ4v) is 3.19. The SMILES string of the molecule is Clc1cc2c(cc1Br)Oc1cc(Cl)c(Br)c(Br)c1O2. The van der Waals surface area contributed by atoms with Crippen LogP contribution in [0.25, 0.3) is 0 Å². The molecule has 0 fully saturated rings. The second kappa shape index (κ2) is 5.11. The molecule has 0 aliphatic carbocycles. The summed E-state index contributed by atoms with van der Waals surface area (Å²) in [5, 5.41) is 1.08. The molecule has 1 aliphatic heterocycles. The lowest BCUT2D eigenvalue weighted by molar-refractivity contribution is 0.357. The Morgan fingerprint density at radius 2 is 1.37 bits per heavy atom. The summed E-state index contributed by atoms with van der Waals surface area (Å²) in [6.45, 7) is 0. The Kier molecular flexibility index (Phi) is 3.77. The summed E-state index contributed by atoms with van der Waals surface area (Å²) in [6.07, 6.45) is 0. The predicted octanol–water partition coefficient (Wildman–Crippen LogP) is 7.18. The van der Waals surface area contributed by atoms with Gasteiger partial charge >= 0.3 is 0 Å². The van der Waals surface area contributed by atoms with Crippen LogP contribution in [0.3, 0.4) is 0 Å². The molecule has 0 bridgehead atoms. The molecular weight excluding hydrogens is 487 g/mol. The Bertz CT molecular complexity index is 704. The van der Waals surface area contributed by atoms with Gasteiger partial charge in [-0.2, -0.15) is 0 Å². The molecule has 2 nitrogen and oxygen atoms in total. The van der Waals surface area contributed by atoms with E-state index in [9.17, 15) is 0 Å². The molecular formula is C12H3Br3Cl2O2. The lowest BCUT2D eigenvalue weighted by Crippen LogP contribution is -2.00. The lowest BCUT2D eigenvalue weighted by Gasteiger charge is -2.23. The van der Waals surface area contributed by atoms with Crippen molar-refractivity contribution in [2.24, 2.45) is 0 Å². The zero-order chi connectivity index (χ0) is 13.7. The molecule has 0 radical (unpaired) electrons. The van der Waals surface area contributed by atoms with Crippen LogP contribution in [0.1, 0.15) is 0 Å². The number of hydrogen-bond donors (Lipinski definition) is 0. The van der Waals surface area contributed by atoms with Crippen LogP contribution in [-0.2, 0) is 0 Å². The van der Waals surface area contributed by atoms with E-state index in [1.807, 2.05) is 0 Å². The van der Waals surface area contributed by atoms with Crippen molar-refractivity contribution in [3.63, 3.8) is 0 Å². The summed E-state index contributed by atoms with van der Waals surface area (Å²) in [4.78, 5) is 0. The second-order valence-electron chi connectivity index (χ2n) is 3.73. The molecule has 0 saturated heterocycles. The molecule has 0 aromatic heterocycles. The molecule has 19 heavy (non-hydrogen) atoms. The summed E-state index contributed by atoms with van der Waals surface area (Å²) < 4.78 is 13.7. The quantitative estimate of drug-likeness (QED) is 0.311. The van der Waals surface area contributed by atoms with E-state index in [1.165, 1.54) is 0 Å². The molecule has 2 aromatic carbocycles. The molecule has 0 saturated carbocycles. The molecule has 3 rings (SSSR count). The van der Waals surface area contributed by atoms with E-state index in [0.717, 1.165) is 4.47 Å². The minimum atomic E-state index is 0.533. The van der Waals surface area contributed by atoms with Gasteiger partial charge in [0.2, 0.25) is 0 Å². The van der Waals surface area contributed by atoms with Crippen molar-refractivity contribution in [2.45, 2.75) is 0 Å². The number of benzene rings is 2. The van der Waals surface area contributed by atoms with E-state index in [1.54, 1.807) is 18.2 Å². The van der Waals surface area contributed by atoms with Crippen LogP contribution in [0.5, 0.6) is 23.0 Å². The van der Waals surface area contributed by atoms with Gasteiger partial charge < -0.3 is 9.47 Å². The van der Waals surface area contributed by atoms with Crippen molar-refractivity contribution in [1.82, 2.24) is 0 Å².